The highest BCUT2D eigenvalue weighted by molar-refractivity contribution is 5.47. The number of aryl methyl sites for hydroxylation is 1. The molecule has 1 rings (SSSR count). The maximum Gasteiger partial charge on any atom is 0.207 e. The molecule has 17 heavy (non-hydrogen) atoms. The van der Waals surface area contributed by atoms with Crippen LogP contribution < -0.4 is 10.1 Å². The molecule has 0 bridgehead atoms. The summed E-state index contributed by atoms with van der Waals surface area (Å²) in [5.74, 6) is 0.936. The fraction of sp³-hybridized carbons (Fsp3) is 0.500. The normalized spacial score (nSPS) is 11.9. The fourth-order valence-electron chi connectivity index (χ4n) is 1.91. The van der Waals surface area contributed by atoms with Gasteiger partial charge in [-0.2, -0.15) is 0 Å². The number of hydrogen-bond acceptors (Lipinski definition) is 2. The van der Waals surface area contributed by atoms with Crippen LogP contribution in [0.15, 0.2) is 18.2 Å². The molecule has 0 aliphatic carbocycles. The second-order valence-electron chi connectivity index (χ2n) is 4.09. The number of benzene rings is 1. The molecule has 1 amide bonds. The van der Waals surface area contributed by atoms with Gasteiger partial charge in [0.2, 0.25) is 6.41 Å². The molecule has 1 atom stereocenters. The van der Waals surface area contributed by atoms with Crippen molar-refractivity contribution in [1.82, 2.24) is 5.32 Å². The predicted molar refractivity (Wildman–Crippen MR) is 69.4 cm³/mol. The van der Waals surface area contributed by atoms with Crippen LogP contribution in [0.5, 0.6) is 5.75 Å². The number of amides is 1. The van der Waals surface area contributed by atoms with Crippen LogP contribution in [0.4, 0.5) is 0 Å². The molecule has 0 unspecified atom stereocenters. The van der Waals surface area contributed by atoms with Crippen LogP contribution in [0.25, 0.3) is 0 Å². The Morgan fingerprint density at radius 1 is 1.41 bits per heavy atom. The summed E-state index contributed by atoms with van der Waals surface area (Å²) in [4.78, 5) is 10.5. The summed E-state index contributed by atoms with van der Waals surface area (Å²) in [6.45, 7) is 4.18. The van der Waals surface area contributed by atoms with Crippen molar-refractivity contribution in [3.05, 3.63) is 29.3 Å². The third-order valence-corrected chi connectivity index (χ3v) is 3.01. The van der Waals surface area contributed by atoms with E-state index in [1.807, 2.05) is 0 Å². The van der Waals surface area contributed by atoms with Crippen LogP contribution >= 0.6 is 0 Å². The van der Waals surface area contributed by atoms with E-state index in [0.29, 0.717) is 0 Å². The van der Waals surface area contributed by atoms with Crippen molar-refractivity contribution in [1.29, 1.82) is 0 Å². The van der Waals surface area contributed by atoms with Crippen LogP contribution in [0.2, 0.25) is 0 Å². The highest BCUT2D eigenvalue weighted by Gasteiger charge is 2.08. The minimum Gasteiger partial charge on any atom is -0.496 e. The van der Waals surface area contributed by atoms with Crippen molar-refractivity contribution in [3.8, 4) is 5.75 Å². The van der Waals surface area contributed by atoms with E-state index in [2.05, 4.69) is 37.4 Å². The first-order valence-corrected chi connectivity index (χ1v) is 6.10. The Labute approximate surface area is 103 Å². The van der Waals surface area contributed by atoms with E-state index >= 15 is 0 Å². The Balaban J connectivity index is 2.80. The zero-order chi connectivity index (χ0) is 12.7. The summed E-state index contributed by atoms with van der Waals surface area (Å²) in [6.07, 6.45) is 3.51. The molecule has 1 aromatic carbocycles. The Kier molecular flexibility index (Phi) is 5.53. The molecule has 1 aromatic rings. The van der Waals surface area contributed by atoms with Crippen molar-refractivity contribution in [2.75, 3.05) is 7.11 Å². The maximum atomic E-state index is 10.5. The van der Waals surface area contributed by atoms with Crippen molar-refractivity contribution in [2.24, 2.45) is 0 Å². The minimum absolute atomic E-state index is 0.199. The molecule has 0 saturated carbocycles. The van der Waals surface area contributed by atoms with Crippen molar-refractivity contribution in [3.63, 3.8) is 0 Å². The van der Waals surface area contributed by atoms with Crippen LogP contribution in [-0.4, -0.2) is 19.6 Å². The van der Waals surface area contributed by atoms with E-state index in [4.69, 9.17) is 4.74 Å². The van der Waals surface area contributed by atoms with Gasteiger partial charge in [-0.05, 0) is 36.5 Å². The summed E-state index contributed by atoms with van der Waals surface area (Å²) in [6, 6.07) is 6.47. The maximum absolute atomic E-state index is 10.5. The number of carbonyl (C=O) groups excluding carboxylic acids is 1. The fourth-order valence-corrected chi connectivity index (χ4v) is 1.91. The average Bonchev–Trinajstić information content (AvgIpc) is 2.38. The van der Waals surface area contributed by atoms with Crippen LogP contribution in [0.3, 0.4) is 0 Å². The van der Waals surface area contributed by atoms with E-state index in [9.17, 15) is 4.79 Å². The average molecular weight is 235 g/mol. The van der Waals surface area contributed by atoms with Crippen LogP contribution in [0.1, 0.15) is 31.4 Å². The largest absolute Gasteiger partial charge is 0.496 e. The zero-order valence-electron chi connectivity index (χ0n) is 10.8. The number of rotatable bonds is 7. The summed E-state index contributed by atoms with van der Waals surface area (Å²) in [5.41, 5.74) is 2.41. The van der Waals surface area contributed by atoms with Crippen molar-refractivity contribution >= 4 is 6.41 Å². The first-order valence-electron chi connectivity index (χ1n) is 6.10. The number of hydrogen-bond donors (Lipinski definition) is 1. The molecule has 1 N–H and O–H groups in total. The SMILES string of the molecule is CCc1ccc(C[C@H](CC)NC=O)cc1OC. The molecular formula is C14H21NO2. The summed E-state index contributed by atoms with van der Waals surface area (Å²) in [7, 11) is 1.69. The number of nitrogens with one attached hydrogen (secondary N) is 1. The molecule has 94 valence electrons. The smallest absolute Gasteiger partial charge is 0.207 e. The summed E-state index contributed by atoms with van der Waals surface area (Å²) < 4.78 is 5.36. The summed E-state index contributed by atoms with van der Waals surface area (Å²) in [5, 5.41) is 2.83. The van der Waals surface area contributed by atoms with E-state index in [1.54, 1.807) is 7.11 Å². The van der Waals surface area contributed by atoms with E-state index in [1.165, 1.54) is 11.1 Å². The Morgan fingerprint density at radius 3 is 2.71 bits per heavy atom. The highest BCUT2D eigenvalue weighted by atomic mass is 16.5. The second-order valence-corrected chi connectivity index (χ2v) is 4.09. The first-order chi connectivity index (χ1) is 8.24. The van der Waals surface area contributed by atoms with Gasteiger partial charge in [0, 0.05) is 6.04 Å². The van der Waals surface area contributed by atoms with Crippen molar-refractivity contribution < 1.29 is 9.53 Å². The van der Waals surface area contributed by atoms with Gasteiger partial charge in [0.15, 0.2) is 0 Å². The predicted octanol–water partition coefficient (Wildman–Crippen LogP) is 2.32. The second kappa shape index (κ2) is 6.94. The molecule has 0 radical (unpaired) electrons. The monoisotopic (exact) mass is 235 g/mol. The van der Waals surface area contributed by atoms with Gasteiger partial charge in [0.05, 0.1) is 7.11 Å². The van der Waals surface area contributed by atoms with Gasteiger partial charge in [-0.15, -0.1) is 0 Å². The molecule has 0 spiro atoms. The number of carbonyl (C=O) groups is 1. The Bertz CT molecular complexity index is 363. The lowest BCUT2D eigenvalue weighted by atomic mass is 10.0. The summed E-state index contributed by atoms with van der Waals surface area (Å²) >= 11 is 0. The van der Waals surface area contributed by atoms with Crippen LogP contribution in [-0.2, 0) is 17.6 Å². The van der Waals surface area contributed by atoms with Gasteiger partial charge >= 0.3 is 0 Å². The molecular weight excluding hydrogens is 214 g/mol. The van der Waals surface area contributed by atoms with Gasteiger partial charge in [0.25, 0.3) is 0 Å². The topological polar surface area (TPSA) is 38.3 Å². The highest BCUT2D eigenvalue weighted by Crippen LogP contribution is 2.21. The Hall–Kier alpha value is -1.51. The molecule has 3 heteroatoms. The van der Waals surface area contributed by atoms with Crippen LogP contribution in [0, 0.1) is 0 Å². The molecule has 0 saturated heterocycles. The van der Waals surface area contributed by atoms with E-state index in [-0.39, 0.29) is 6.04 Å². The zero-order valence-corrected chi connectivity index (χ0v) is 10.8. The lowest BCUT2D eigenvalue weighted by Crippen LogP contribution is -2.29. The minimum atomic E-state index is 0.199. The molecule has 0 aliphatic heterocycles. The third-order valence-electron chi connectivity index (χ3n) is 3.01. The third kappa shape index (κ3) is 3.77. The molecule has 0 aromatic heterocycles. The van der Waals surface area contributed by atoms with Gasteiger partial charge in [-0.1, -0.05) is 26.0 Å². The van der Waals surface area contributed by atoms with Gasteiger partial charge in [0.1, 0.15) is 5.75 Å². The number of methoxy groups -OCH3 is 1. The number of ether oxygens (including phenoxy) is 1. The van der Waals surface area contributed by atoms with E-state index < -0.39 is 0 Å². The quantitative estimate of drug-likeness (QED) is 0.737. The standard InChI is InChI=1S/C14H21NO2/c1-4-12-7-6-11(9-14(12)17-3)8-13(5-2)15-10-16/h6-7,9-10,13H,4-5,8H2,1-3H3,(H,15,16)/t13-/m0/s1. The van der Waals surface area contributed by atoms with Gasteiger partial charge in [-0.25, -0.2) is 0 Å². The lowest BCUT2D eigenvalue weighted by Gasteiger charge is -2.15. The molecule has 0 aliphatic rings. The van der Waals surface area contributed by atoms with E-state index in [0.717, 1.165) is 31.4 Å². The molecule has 0 heterocycles. The van der Waals surface area contributed by atoms with Gasteiger partial charge in [-0.3, -0.25) is 4.79 Å². The Morgan fingerprint density at radius 2 is 2.18 bits per heavy atom. The lowest BCUT2D eigenvalue weighted by molar-refractivity contribution is -0.110. The molecule has 3 nitrogen and oxygen atoms in total. The van der Waals surface area contributed by atoms with Crippen molar-refractivity contribution in [2.45, 2.75) is 39.2 Å². The molecule has 0 fully saturated rings. The van der Waals surface area contributed by atoms with Gasteiger partial charge < -0.3 is 10.1 Å². The first kappa shape index (κ1) is 13.6.